The van der Waals surface area contributed by atoms with Crippen molar-refractivity contribution in [2.45, 2.75) is 51.8 Å². The zero-order valence-electron chi connectivity index (χ0n) is 17.6. The molecule has 164 valence electrons. The van der Waals surface area contributed by atoms with E-state index in [2.05, 4.69) is 4.72 Å². The lowest BCUT2D eigenvalue weighted by atomic mass is 9.94. The van der Waals surface area contributed by atoms with Crippen molar-refractivity contribution in [3.63, 3.8) is 0 Å². The number of ether oxygens (including phenoxy) is 1. The Morgan fingerprint density at radius 2 is 1.90 bits per heavy atom. The second-order valence-electron chi connectivity index (χ2n) is 7.82. The fraction of sp³-hybridized carbons (Fsp3) is 0.409. The summed E-state index contributed by atoms with van der Waals surface area (Å²) in [4.78, 5) is 12.2. The van der Waals surface area contributed by atoms with Gasteiger partial charge in [-0.2, -0.15) is 0 Å². The molecule has 0 saturated carbocycles. The molecule has 2 atom stereocenters. The van der Waals surface area contributed by atoms with Gasteiger partial charge >= 0.3 is 5.97 Å². The lowest BCUT2D eigenvalue weighted by molar-refractivity contribution is -0.143. The van der Waals surface area contributed by atoms with Crippen LogP contribution in [0.5, 0.6) is 0 Å². The minimum absolute atomic E-state index is 0.0669. The second-order valence-corrected chi connectivity index (χ2v) is 10.6. The van der Waals surface area contributed by atoms with Crippen molar-refractivity contribution in [2.75, 3.05) is 6.61 Å². The molecule has 0 aromatic heterocycles. The molecule has 0 aliphatic carbocycles. The van der Waals surface area contributed by atoms with E-state index in [4.69, 9.17) is 27.9 Å². The van der Waals surface area contributed by atoms with Gasteiger partial charge in [-0.05, 0) is 52.3 Å². The fourth-order valence-electron chi connectivity index (χ4n) is 2.87. The topological polar surface area (TPSA) is 61.4 Å². The van der Waals surface area contributed by atoms with Gasteiger partial charge in [0, 0.05) is 33.1 Å². The van der Waals surface area contributed by atoms with Crippen LogP contribution >= 0.6 is 23.2 Å². The Hall–Kier alpha value is -1.31. The zero-order chi connectivity index (χ0) is 22.6. The minimum atomic E-state index is -1.58. The maximum atomic E-state index is 15.3. The SMILES string of the molecule is CCOC(=O)CC(N[S@+]([O-])C(C)(C)C)c1c(F)c(C)cc(-c2ccccc2Cl)c1Cl. The summed E-state index contributed by atoms with van der Waals surface area (Å²) in [5.74, 6) is -1.11. The van der Waals surface area contributed by atoms with Crippen LogP contribution < -0.4 is 4.72 Å². The summed E-state index contributed by atoms with van der Waals surface area (Å²) >= 11 is 11.4. The first-order valence-corrected chi connectivity index (χ1v) is 11.4. The molecule has 0 radical (unpaired) electrons. The Morgan fingerprint density at radius 1 is 1.27 bits per heavy atom. The van der Waals surface area contributed by atoms with Crippen LogP contribution in [0.15, 0.2) is 30.3 Å². The molecule has 30 heavy (non-hydrogen) atoms. The van der Waals surface area contributed by atoms with E-state index in [0.717, 1.165) is 0 Å². The third-order valence-corrected chi connectivity index (χ3v) is 6.76. The van der Waals surface area contributed by atoms with Crippen LogP contribution in [-0.4, -0.2) is 21.9 Å². The number of hydrogen-bond acceptors (Lipinski definition) is 4. The van der Waals surface area contributed by atoms with E-state index < -0.39 is 33.9 Å². The average molecular weight is 474 g/mol. The van der Waals surface area contributed by atoms with Gasteiger partial charge in [-0.15, -0.1) is 4.72 Å². The molecule has 2 aromatic rings. The van der Waals surface area contributed by atoms with Crippen LogP contribution in [-0.2, 0) is 20.9 Å². The number of benzene rings is 2. The highest BCUT2D eigenvalue weighted by Crippen LogP contribution is 2.41. The molecule has 1 N–H and O–H groups in total. The van der Waals surface area contributed by atoms with Crippen molar-refractivity contribution in [2.24, 2.45) is 0 Å². The first kappa shape index (κ1) is 25.0. The Labute approximate surface area is 190 Å². The van der Waals surface area contributed by atoms with Gasteiger partial charge in [0.2, 0.25) is 0 Å². The number of nitrogens with one attached hydrogen (secondary N) is 1. The lowest BCUT2D eigenvalue weighted by Gasteiger charge is -2.29. The molecule has 0 saturated heterocycles. The molecule has 8 heteroatoms. The monoisotopic (exact) mass is 473 g/mol. The van der Waals surface area contributed by atoms with Crippen molar-refractivity contribution in [1.29, 1.82) is 0 Å². The fourth-order valence-corrected chi connectivity index (χ4v) is 4.30. The zero-order valence-corrected chi connectivity index (χ0v) is 20.0. The molecule has 1 unspecified atom stereocenters. The summed E-state index contributed by atoms with van der Waals surface area (Å²) in [7, 11) is 0. The molecule has 0 aliphatic rings. The van der Waals surface area contributed by atoms with Crippen molar-refractivity contribution in [3.05, 3.63) is 57.3 Å². The second kappa shape index (κ2) is 10.3. The van der Waals surface area contributed by atoms with Gasteiger partial charge in [0.1, 0.15) is 10.6 Å². The van der Waals surface area contributed by atoms with Crippen LogP contribution in [0.3, 0.4) is 0 Å². The standard InChI is InChI=1S/C22H26Cl2FNO3S/c1-6-29-18(27)12-17(26-30(28)22(3,4)5)19-20(24)15(11-13(2)21(19)25)14-9-7-8-10-16(14)23/h7-11,17,26H,6,12H2,1-5H3/t17?,30-/m1/s1. The van der Waals surface area contributed by atoms with Crippen molar-refractivity contribution < 1.29 is 18.5 Å². The highest BCUT2D eigenvalue weighted by molar-refractivity contribution is 7.90. The van der Waals surface area contributed by atoms with Crippen LogP contribution in [0.2, 0.25) is 10.0 Å². The largest absolute Gasteiger partial charge is 0.598 e. The predicted molar refractivity (Wildman–Crippen MR) is 122 cm³/mol. The Balaban J connectivity index is 2.64. The quantitative estimate of drug-likeness (QED) is 0.386. The third-order valence-electron chi connectivity index (χ3n) is 4.41. The predicted octanol–water partition coefficient (Wildman–Crippen LogP) is 6.15. The van der Waals surface area contributed by atoms with Crippen molar-refractivity contribution in [1.82, 2.24) is 4.72 Å². The van der Waals surface area contributed by atoms with Crippen LogP contribution in [0, 0.1) is 12.7 Å². The summed E-state index contributed by atoms with van der Waals surface area (Å²) < 4.78 is 35.3. The van der Waals surface area contributed by atoms with E-state index in [1.165, 1.54) is 0 Å². The van der Waals surface area contributed by atoms with Gasteiger partial charge in [0.15, 0.2) is 0 Å². The lowest BCUT2D eigenvalue weighted by Crippen LogP contribution is -2.42. The Morgan fingerprint density at radius 3 is 2.47 bits per heavy atom. The van der Waals surface area contributed by atoms with E-state index in [-0.39, 0.29) is 23.6 Å². The van der Waals surface area contributed by atoms with E-state index in [1.54, 1.807) is 65.0 Å². The van der Waals surface area contributed by atoms with E-state index in [1.807, 2.05) is 0 Å². The molecule has 0 amide bonds. The van der Waals surface area contributed by atoms with E-state index in [9.17, 15) is 9.35 Å². The van der Waals surface area contributed by atoms with Gasteiger partial charge in [0.25, 0.3) is 0 Å². The Bertz CT molecular complexity index is 918. The summed E-state index contributed by atoms with van der Waals surface area (Å²) in [6.07, 6.45) is -0.224. The molecular weight excluding hydrogens is 448 g/mol. The number of rotatable bonds is 7. The number of hydrogen-bond donors (Lipinski definition) is 1. The van der Waals surface area contributed by atoms with E-state index in [0.29, 0.717) is 21.7 Å². The van der Waals surface area contributed by atoms with Crippen LogP contribution in [0.25, 0.3) is 11.1 Å². The van der Waals surface area contributed by atoms with Crippen molar-refractivity contribution >= 4 is 40.5 Å². The van der Waals surface area contributed by atoms with Crippen LogP contribution in [0.1, 0.15) is 51.3 Å². The highest BCUT2D eigenvalue weighted by Gasteiger charge is 2.34. The normalized spacial score (nSPS) is 13.8. The first-order chi connectivity index (χ1) is 14.0. The Kier molecular flexibility index (Phi) is 8.60. The molecule has 2 rings (SSSR count). The number of aryl methyl sites for hydroxylation is 1. The minimum Gasteiger partial charge on any atom is -0.598 e. The smallest absolute Gasteiger partial charge is 0.307 e. The number of halogens is 3. The molecule has 0 heterocycles. The number of carbonyl (C=O) groups is 1. The average Bonchev–Trinajstić information content (AvgIpc) is 2.65. The van der Waals surface area contributed by atoms with Gasteiger partial charge < -0.3 is 9.29 Å². The summed E-state index contributed by atoms with van der Waals surface area (Å²) in [5.41, 5.74) is 1.58. The summed E-state index contributed by atoms with van der Waals surface area (Å²) in [6.45, 7) is 8.81. The highest BCUT2D eigenvalue weighted by atomic mass is 35.5. The maximum Gasteiger partial charge on any atom is 0.307 e. The maximum absolute atomic E-state index is 15.3. The van der Waals surface area contributed by atoms with Gasteiger partial charge in [-0.3, -0.25) is 4.79 Å². The summed E-state index contributed by atoms with van der Waals surface area (Å²) in [6, 6.07) is 7.76. The molecule has 2 aromatic carbocycles. The van der Waals surface area contributed by atoms with Gasteiger partial charge in [0.05, 0.1) is 24.1 Å². The van der Waals surface area contributed by atoms with Gasteiger partial charge in [-0.1, -0.05) is 41.4 Å². The number of esters is 1. The molecule has 0 bridgehead atoms. The molecule has 0 aliphatic heterocycles. The van der Waals surface area contributed by atoms with Gasteiger partial charge in [-0.25, -0.2) is 4.39 Å². The molecule has 0 fully saturated rings. The summed E-state index contributed by atoms with van der Waals surface area (Å²) in [5, 5.41) is 0.573. The molecule has 4 nitrogen and oxygen atoms in total. The van der Waals surface area contributed by atoms with Crippen LogP contribution in [0.4, 0.5) is 4.39 Å². The van der Waals surface area contributed by atoms with Crippen molar-refractivity contribution in [3.8, 4) is 11.1 Å². The number of carbonyl (C=O) groups excluding carboxylic acids is 1. The molecular formula is C22H26Cl2FNO3S. The first-order valence-electron chi connectivity index (χ1n) is 9.54. The van der Waals surface area contributed by atoms with E-state index >= 15 is 4.39 Å². The molecule has 0 spiro atoms. The third kappa shape index (κ3) is 5.89.